The Bertz CT molecular complexity index is 714. The van der Waals surface area contributed by atoms with Gasteiger partial charge in [0, 0.05) is 17.8 Å². The van der Waals surface area contributed by atoms with E-state index in [2.05, 4.69) is 4.99 Å². The molecule has 1 atom stereocenters. The Morgan fingerprint density at radius 1 is 1.25 bits per heavy atom. The summed E-state index contributed by atoms with van der Waals surface area (Å²) in [5.41, 5.74) is 0.649. The first-order chi connectivity index (χ1) is 11.8. The van der Waals surface area contributed by atoms with Gasteiger partial charge < -0.3 is 19.3 Å². The number of hydrogen-bond acceptors (Lipinski definition) is 5. The molecule has 0 saturated carbocycles. The van der Waals surface area contributed by atoms with Crippen molar-refractivity contribution in [3.05, 3.63) is 48.0 Å². The number of rotatable bonds is 6. The van der Waals surface area contributed by atoms with Crippen LogP contribution in [0.3, 0.4) is 0 Å². The van der Waals surface area contributed by atoms with E-state index >= 15 is 0 Å². The summed E-state index contributed by atoms with van der Waals surface area (Å²) in [6.45, 7) is 3.59. The fourth-order valence-corrected chi connectivity index (χ4v) is 2.36. The molecule has 0 amide bonds. The van der Waals surface area contributed by atoms with Crippen LogP contribution in [-0.2, 0) is 0 Å². The molecule has 2 aromatic carbocycles. The van der Waals surface area contributed by atoms with E-state index in [4.69, 9.17) is 14.2 Å². The van der Waals surface area contributed by atoms with Crippen LogP contribution in [0.15, 0.2) is 47.5 Å². The lowest BCUT2D eigenvalue weighted by molar-refractivity contribution is 0.0973. The molecule has 24 heavy (non-hydrogen) atoms. The second-order valence-corrected chi connectivity index (χ2v) is 5.56. The highest BCUT2D eigenvalue weighted by atomic mass is 16.6. The average molecular weight is 327 g/mol. The number of phenols is 1. The molecule has 0 aromatic heterocycles. The number of fused-ring (bicyclic) bond motifs is 1. The highest BCUT2D eigenvalue weighted by Gasteiger charge is 2.19. The van der Waals surface area contributed by atoms with Crippen molar-refractivity contribution >= 4 is 6.21 Å². The topological polar surface area (TPSA) is 60.3 Å². The molecule has 1 N–H and O–H groups in total. The Morgan fingerprint density at radius 2 is 2.08 bits per heavy atom. The molecular formula is C19H21NO4. The Morgan fingerprint density at radius 3 is 2.88 bits per heavy atom. The molecule has 0 unspecified atom stereocenters. The molecule has 3 rings (SSSR count). The number of benzene rings is 2. The van der Waals surface area contributed by atoms with E-state index < -0.39 is 0 Å². The minimum absolute atomic E-state index is 0.134. The predicted octanol–water partition coefficient (Wildman–Crippen LogP) is 3.44. The maximum absolute atomic E-state index is 10.0. The van der Waals surface area contributed by atoms with Gasteiger partial charge in [-0.15, -0.1) is 0 Å². The molecule has 5 nitrogen and oxygen atoms in total. The van der Waals surface area contributed by atoms with E-state index in [1.807, 2.05) is 37.3 Å². The van der Waals surface area contributed by atoms with Gasteiger partial charge in [-0.1, -0.05) is 19.1 Å². The molecule has 0 radical (unpaired) electrons. The van der Waals surface area contributed by atoms with Crippen LogP contribution in [0, 0.1) is 0 Å². The molecule has 5 heteroatoms. The van der Waals surface area contributed by atoms with Gasteiger partial charge in [0.05, 0.1) is 13.2 Å². The standard InChI is InChI=1S/C19H21NO4/c1-2-9-22-15-8-7-14(17(21)10-15)11-20-12-16-13-23-18-5-3-4-6-19(18)24-16/h3-8,10-11,16,21H,2,9,12-13H2,1H3/t16-/m0/s1. The molecule has 1 aliphatic rings. The summed E-state index contributed by atoms with van der Waals surface area (Å²) in [6, 6.07) is 12.8. The van der Waals surface area contributed by atoms with Gasteiger partial charge in [0.2, 0.25) is 0 Å². The molecule has 0 aliphatic carbocycles. The number of hydrogen-bond donors (Lipinski definition) is 1. The lowest BCUT2D eigenvalue weighted by Gasteiger charge is -2.25. The number of aromatic hydroxyl groups is 1. The summed E-state index contributed by atoms with van der Waals surface area (Å²) in [5, 5.41) is 10.0. The van der Waals surface area contributed by atoms with Gasteiger partial charge in [0.15, 0.2) is 17.6 Å². The minimum atomic E-state index is -0.134. The monoisotopic (exact) mass is 327 g/mol. The Labute approximate surface area is 141 Å². The number of phenolic OH excluding ortho intramolecular Hbond substituents is 1. The van der Waals surface area contributed by atoms with Gasteiger partial charge in [0.1, 0.15) is 18.1 Å². The van der Waals surface area contributed by atoms with Crippen molar-refractivity contribution in [3.63, 3.8) is 0 Å². The summed E-state index contributed by atoms with van der Waals surface area (Å²) in [6.07, 6.45) is 2.43. The maximum atomic E-state index is 10.0. The largest absolute Gasteiger partial charge is 0.507 e. The summed E-state index contributed by atoms with van der Waals surface area (Å²) in [5.74, 6) is 2.31. The lowest BCUT2D eigenvalue weighted by Crippen LogP contribution is -2.31. The second kappa shape index (κ2) is 7.73. The van der Waals surface area contributed by atoms with E-state index in [1.165, 1.54) is 0 Å². The highest BCUT2D eigenvalue weighted by molar-refractivity contribution is 5.83. The van der Waals surface area contributed by atoms with Gasteiger partial charge >= 0.3 is 0 Å². The first-order valence-corrected chi connectivity index (χ1v) is 8.10. The smallest absolute Gasteiger partial charge is 0.161 e. The quantitative estimate of drug-likeness (QED) is 0.826. The molecule has 2 aromatic rings. The van der Waals surface area contributed by atoms with Crippen molar-refractivity contribution in [3.8, 4) is 23.0 Å². The lowest BCUT2D eigenvalue weighted by atomic mass is 10.2. The van der Waals surface area contributed by atoms with Crippen LogP contribution in [0.25, 0.3) is 0 Å². The third-order valence-electron chi connectivity index (χ3n) is 3.58. The minimum Gasteiger partial charge on any atom is -0.507 e. The summed E-state index contributed by atoms with van der Waals surface area (Å²) in [4.78, 5) is 4.36. The molecular weight excluding hydrogens is 306 g/mol. The van der Waals surface area contributed by atoms with Crippen molar-refractivity contribution in [2.75, 3.05) is 19.8 Å². The SMILES string of the molecule is CCCOc1ccc(C=NC[C@H]2COc3ccccc3O2)c(O)c1. The third-order valence-corrected chi connectivity index (χ3v) is 3.58. The Balaban J connectivity index is 1.57. The first-order valence-electron chi connectivity index (χ1n) is 8.10. The number of aliphatic imine (C=N–C) groups is 1. The van der Waals surface area contributed by atoms with Crippen molar-refractivity contribution in [1.82, 2.24) is 0 Å². The van der Waals surface area contributed by atoms with Crippen LogP contribution in [0.4, 0.5) is 0 Å². The van der Waals surface area contributed by atoms with Crippen LogP contribution in [-0.4, -0.2) is 37.2 Å². The zero-order valence-electron chi connectivity index (χ0n) is 13.6. The highest BCUT2D eigenvalue weighted by Crippen LogP contribution is 2.30. The molecule has 126 valence electrons. The first kappa shape index (κ1) is 16.2. The van der Waals surface area contributed by atoms with Gasteiger partial charge in [-0.3, -0.25) is 4.99 Å². The fraction of sp³-hybridized carbons (Fsp3) is 0.316. The van der Waals surface area contributed by atoms with Crippen LogP contribution in [0.1, 0.15) is 18.9 Å². The summed E-state index contributed by atoms with van der Waals surface area (Å²) in [7, 11) is 0. The predicted molar refractivity (Wildman–Crippen MR) is 92.7 cm³/mol. The van der Waals surface area contributed by atoms with Crippen molar-refractivity contribution in [2.24, 2.45) is 4.99 Å². The Kier molecular flexibility index (Phi) is 5.21. The molecule has 1 heterocycles. The normalized spacial score (nSPS) is 16.3. The van der Waals surface area contributed by atoms with E-state index in [1.54, 1.807) is 18.3 Å². The van der Waals surface area contributed by atoms with Crippen LogP contribution in [0.2, 0.25) is 0 Å². The molecule has 0 spiro atoms. The number of nitrogens with zero attached hydrogens (tertiary/aromatic N) is 1. The number of ether oxygens (including phenoxy) is 3. The maximum Gasteiger partial charge on any atom is 0.161 e. The van der Waals surface area contributed by atoms with E-state index in [-0.39, 0.29) is 11.9 Å². The third kappa shape index (κ3) is 3.98. The second-order valence-electron chi connectivity index (χ2n) is 5.56. The molecule has 1 aliphatic heterocycles. The molecule has 0 saturated heterocycles. The number of para-hydroxylation sites is 2. The summed E-state index contributed by atoms with van der Waals surface area (Å²) < 4.78 is 17.0. The molecule has 0 fully saturated rings. The molecule has 0 bridgehead atoms. The van der Waals surface area contributed by atoms with Gasteiger partial charge in [0.25, 0.3) is 0 Å². The van der Waals surface area contributed by atoms with Crippen molar-refractivity contribution < 1.29 is 19.3 Å². The van der Waals surface area contributed by atoms with E-state index in [0.717, 1.165) is 17.9 Å². The van der Waals surface area contributed by atoms with E-state index in [0.29, 0.717) is 31.1 Å². The average Bonchev–Trinajstić information content (AvgIpc) is 2.61. The van der Waals surface area contributed by atoms with Crippen molar-refractivity contribution in [1.29, 1.82) is 0 Å². The van der Waals surface area contributed by atoms with Crippen LogP contribution in [0.5, 0.6) is 23.0 Å². The van der Waals surface area contributed by atoms with Crippen molar-refractivity contribution in [2.45, 2.75) is 19.4 Å². The summed E-state index contributed by atoms with van der Waals surface area (Å²) >= 11 is 0. The van der Waals surface area contributed by atoms with E-state index in [9.17, 15) is 5.11 Å². The van der Waals surface area contributed by atoms with Crippen LogP contribution >= 0.6 is 0 Å². The zero-order chi connectivity index (χ0) is 16.8. The van der Waals surface area contributed by atoms with Gasteiger partial charge in [-0.25, -0.2) is 0 Å². The zero-order valence-corrected chi connectivity index (χ0v) is 13.6. The van der Waals surface area contributed by atoms with Gasteiger partial charge in [-0.05, 0) is 30.7 Å². The Hall–Kier alpha value is -2.69. The fourth-order valence-electron chi connectivity index (χ4n) is 2.36. The van der Waals surface area contributed by atoms with Crippen LogP contribution < -0.4 is 14.2 Å². The van der Waals surface area contributed by atoms with Gasteiger partial charge in [-0.2, -0.15) is 0 Å².